The van der Waals surface area contributed by atoms with Crippen molar-refractivity contribution in [3.63, 3.8) is 0 Å². The van der Waals surface area contributed by atoms with Crippen molar-refractivity contribution in [2.24, 2.45) is 5.41 Å². The molecule has 2 atom stereocenters. The predicted molar refractivity (Wildman–Crippen MR) is 72.4 cm³/mol. The molecular weight excluding hydrogens is 244 g/mol. The van der Waals surface area contributed by atoms with Crippen LogP contribution >= 0.6 is 0 Å². The molecule has 0 spiro atoms. The van der Waals surface area contributed by atoms with E-state index < -0.39 is 5.97 Å². The third kappa shape index (κ3) is 2.71. The second kappa shape index (κ2) is 5.17. The first-order valence-corrected chi connectivity index (χ1v) is 6.52. The molecule has 19 heavy (non-hydrogen) atoms. The lowest BCUT2D eigenvalue weighted by Crippen LogP contribution is -2.58. The smallest absolute Gasteiger partial charge is 0.337 e. The van der Waals surface area contributed by atoms with E-state index in [0.717, 1.165) is 13.0 Å². The number of aromatic nitrogens is 1. The van der Waals surface area contributed by atoms with Crippen LogP contribution in [0.25, 0.3) is 0 Å². The van der Waals surface area contributed by atoms with Gasteiger partial charge in [0.2, 0.25) is 0 Å². The van der Waals surface area contributed by atoms with Crippen LogP contribution in [0.1, 0.15) is 37.6 Å². The van der Waals surface area contributed by atoms with E-state index in [1.165, 1.54) is 6.20 Å². The third-order valence-corrected chi connectivity index (χ3v) is 3.88. The number of aromatic carboxylic acids is 1. The molecular formula is C14H20N2O3. The lowest BCUT2D eigenvalue weighted by Gasteiger charge is -2.51. The predicted octanol–water partition coefficient (Wildman–Crippen LogP) is 2.40. The first-order valence-electron chi connectivity index (χ1n) is 6.52. The Morgan fingerprint density at radius 1 is 1.58 bits per heavy atom. The molecule has 0 saturated heterocycles. The van der Waals surface area contributed by atoms with Gasteiger partial charge in [0.05, 0.1) is 11.7 Å². The number of nitrogens with one attached hydrogen (secondary N) is 1. The topological polar surface area (TPSA) is 71.5 Å². The summed E-state index contributed by atoms with van der Waals surface area (Å²) in [4.78, 5) is 14.9. The zero-order valence-corrected chi connectivity index (χ0v) is 11.5. The zero-order valence-electron chi connectivity index (χ0n) is 11.5. The number of hydrogen-bond acceptors (Lipinski definition) is 4. The van der Waals surface area contributed by atoms with E-state index in [1.807, 2.05) is 6.92 Å². The Hall–Kier alpha value is -1.62. The summed E-state index contributed by atoms with van der Waals surface area (Å²) in [5, 5.41) is 12.2. The number of ether oxygens (including phenoxy) is 1. The number of nitrogens with zero attached hydrogens (tertiary/aromatic N) is 1. The molecule has 0 aliphatic heterocycles. The van der Waals surface area contributed by atoms with Crippen molar-refractivity contribution < 1.29 is 14.6 Å². The van der Waals surface area contributed by atoms with Crippen LogP contribution < -0.4 is 5.32 Å². The summed E-state index contributed by atoms with van der Waals surface area (Å²) in [5.41, 5.74) is 0.258. The standard InChI is InChI=1S/C14H20N2O3/c1-4-19-11-7-10(14(11,2)3)16-12-6-5-9(8-15-12)13(17)18/h5-6,8,10-11H,4,7H2,1-3H3,(H,15,16)(H,17,18). The minimum Gasteiger partial charge on any atom is -0.478 e. The molecule has 2 rings (SSSR count). The lowest BCUT2D eigenvalue weighted by atomic mass is 9.64. The Morgan fingerprint density at radius 3 is 2.79 bits per heavy atom. The molecule has 1 aliphatic rings. The lowest BCUT2D eigenvalue weighted by molar-refractivity contribution is -0.0976. The second-order valence-electron chi connectivity index (χ2n) is 5.44. The average Bonchev–Trinajstić information content (AvgIpc) is 2.38. The van der Waals surface area contributed by atoms with E-state index in [4.69, 9.17) is 9.84 Å². The second-order valence-corrected chi connectivity index (χ2v) is 5.44. The van der Waals surface area contributed by atoms with Gasteiger partial charge in [-0.3, -0.25) is 0 Å². The minimum atomic E-state index is -0.959. The Kier molecular flexibility index (Phi) is 3.75. The van der Waals surface area contributed by atoms with E-state index in [-0.39, 0.29) is 17.1 Å². The molecule has 0 amide bonds. The highest BCUT2D eigenvalue weighted by Gasteiger charge is 2.48. The number of carboxylic acid groups (broad SMARTS) is 1. The molecule has 1 heterocycles. The van der Waals surface area contributed by atoms with Gasteiger partial charge in [-0.15, -0.1) is 0 Å². The minimum absolute atomic E-state index is 0.0587. The van der Waals surface area contributed by atoms with Gasteiger partial charge >= 0.3 is 5.97 Å². The fourth-order valence-corrected chi connectivity index (χ4v) is 2.40. The van der Waals surface area contributed by atoms with Crippen LogP contribution in [0.3, 0.4) is 0 Å². The van der Waals surface area contributed by atoms with Crippen molar-refractivity contribution in [3.8, 4) is 0 Å². The van der Waals surface area contributed by atoms with Gasteiger partial charge in [-0.25, -0.2) is 9.78 Å². The summed E-state index contributed by atoms with van der Waals surface area (Å²) in [6.45, 7) is 7.07. The summed E-state index contributed by atoms with van der Waals surface area (Å²) >= 11 is 0. The highest BCUT2D eigenvalue weighted by Crippen LogP contribution is 2.44. The van der Waals surface area contributed by atoms with Gasteiger partial charge in [0.15, 0.2) is 0 Å². The van der Waals surface area contributed by atoms with Gasteiger partial charge in [-0.05, 0) is 25.5 Å². The quantitative estimate of drug-likeness (QED) is 0.854. The first kappa shape index (κ1) is 13.8. The summed E-state index contributed by atoms with van der Waals surface area (Å²) in [6.07, 6.45) is 2.59. The molecule has 2 unspecified atom stereocenters. The normalized spacial score (nSPS) is 24.6. The molecule has 1 saturated carbocycles. The molecule has 1 fully saturated rings. The number of rotatable bonds is 5. The van der Waals surface area contributed by atoms with E-state index >= 15 is 0 Å². The van der Waals surface area contributed by atoms with Gasteiger partial charge in [0.1, 0.15) is 5.82 Å². The SMILES string of the molecule is CCOC1CC(Nc2ccc(C(=O)O)cn2)C1(C)C. The van der Waals surface area contributed by atoms with E-state index in [1.54, 1.807) is 12.1 Å². The fourth-order valence-electron chi connectivity index (χ4n) is 2.40. The van der Waals surface area contributed by atoms with Crippen LogP contribution in [0, 0.1) is 5.41 Å². The Balaban J connectivity index is 1.97. The number of anilines is 1. The molecule has 1 aliphatic carbocycles. The van der Waals surface area contributed by atoms with Crippen LogP contribution in [-0.2, 0) is 4.74 Å². The van der Waals surface area contributed by atoms with Crippen LogP contribution in [0.4, 0.5) is 5.82 Å². The van der Waals surface area contributed by atoms with Crippen LogP contribution in [0.2, 0.25) is 0 Å². The van der Waals surface area contributed by atoms with Crippen LogP contribution in [0.5, 0.6) is 0 Å². The Bertz CT molecular complexity index is 456. The van der Waals surface area contributed by atoms with Crippen molar-refractivity contribution >= 4 is 11.8 Å². The van der Waals surface area contributed by atoms with Gasteiger partial charge in [0.25, 0.3) is 0 Å². The maximum atomic E-state index is 10.7. The summed E-state index contributed by atoms with van der Waals surface area (Å²) < 4.78 is 5.67. The Labute approximate surface area is 113 Å². The van der Waals surface area contributed by atoms with Crippen molar-refractivity contribution in [1.82, 2.24) is 4.98 Å². The molecule has 1 aromatic heterocycles. The average molecular weight is 264 g/mol. The zero-order chi connectivity index (χ0) is 14.0. The van der Waals surface area contributed by atoms with E-state index in [2.05, 4.69) is 24.1 Å². The summed E-state index contributed by atoms with van der Waals surface area (Å²) in [5.74, 6) is -0.252. The van der Waals surface area contributed by atoms with Gasteiger partial charge in [0, 0.05) is 24.3 Å². The van der Waals surface area contributed by atoms with Crippen molar-refractivity contribution in [3.05, 3.63) is 23.9 Å². The Morgan fingerprint density at radius 2 is 2.32 bits per heavy atom. The maximum Gasteiger partial charge on any atom is 0.337 e. The number of carbonyl (C=O) groups is 1. The fraction of sp³-hybridized carbons (Fsp3) is 0.571. The molecule has 0 radical (unpaired) electrons. The van der Waals surface area contributed by atoms with Gasteiger partial charge in [-0.1, -0.05) is 13.8 Å². The molecule has 104 valence electrons. The monoisotopic (exact) mass is 264 g/mol. The summed E-state index contributed by atoms with van der Waals surface area (Å²) in [6, 6.07) is 3.56. The number of pyridine rings is 1. The molecule has 5 heteroatoms. The highest BCUT2D eigenvalue weighted by atomic mass is 16.5. The van der Waals surface area contributed by atoms with Crippen LogP contribution in [-0.4, -0.2) is 34.8 Å². The van der Waals surface area contributed by atoms with Crippen LogP contribution in [0.15, 0.2) is 18.3 Å². The molecule has 5 nitrogen and oxygen atoms in total. The van der Waals surface area contributed by atoms with Gasteiger partial charge in [-0.2, -0.15) is 0 Å². The molecule has 0 aromatic carbocycles. The number of carboxylic acids is 1. The first-order chi connectivity index (χ1) is 8.95. The third-order valence-electron chi connectivity index (χ3n) is 3.88. The van der Waals surface area contributed by atoms with Crippen molar-refractivity contribution in [2.45, 2.75) is 39.3 Å². The van der Waals surface area contributed by atoms with Gasteiger partial charge < -0.3 is 15.2 Å². The van der Waals surface area contributed by atoms with Crippen molar-refractivity contribution in [2.75, 3.05) is 11.9 Å². The largest absolute Gasteiger partial charge is 0.478 e. The van der Waals surface area contributed by atoms with E-state index in [0.29, 0.717) is 11.9 Å². The van der Waals surface area contributed by atoms with Crippen molar-refractivity contribution in [1.29, 1.82) is 0 Å². The number of hydrogen-bond donors (Lipinski definition) is 2. The molecule has 0 bridgehead atoms. The summed E-state index contributed by atoms with van der Waals surface area (Å²) in [7, 11) is 0. The molecule has 1 aromatic rings. The molecule has 2 N–H and O–H groups in total. The maximum absolute atomic E-state index is 10.7. The van der Waals surface area contributed by atoms with E-state index in [9.17, 15) is 4.79 Å². The highest BCUT2D eigenvalue weighted by molar-refractivity contribution is 5.87.